The van der Waals surface area contributed by atoms with Crippen molar-refractivity contribution in [1.29, 1.82) is 0 Å². The maximum atomic E-state index is 13.7. The number of allylic oxidation sites excluding steroid dienone is 7. The molecule has 1 heterocycles. The van der Waals surface area contributed by atoms with Crippen molar-refractivity contribution in [3.8, 4) is 0 Å². The van der Waals surface area contributed by atoms with Crippen LogP contribution in [0.1, 0.15) is 90.5 Å². The minimum atomic E-state index is -4.46. The molecule has 0 spiro atoms. The average Bonchev–Trinajstić information content (AvgIpc) is 3.15. The lowest BCUT2D eigenvalue weighted by atomic mass is 9.76. The molecule has 3 rings (SSSR count). The molecule has 0 aromatic heterocycles. The molecule has 0 bridgehead atoms. The number of benzene rings is 2. The molecule has 8 heteroatoms. The van der Waals surface area contributed by atoms with E-state index in [1.807, 2.05) is 51.2 Å². The smallest absolute Gasteiger partial charge is 0.344 e. The Kier molecular flexibility index (Phi) is 11.5. The normalized spacial score (nSPS) is 16.5. The van der Waals surface area contributed by atoms with Crippen LogP contribution in [0.4, 0.5) is 37.7 Å². The Morgan fingerprint density at radius 2 is 1.43 bits per heavy atom. The van der Waals surface area contributed by atoms with Gasteiger partial charge in [-0.3, -0.25) is 0 Å². The van der Waals surface area contributed by atoms with Gasteiger partial charge in [-0.15, -0.1) is 0 Å². The molecule has 0 radical (unpaired) electrons. The molecule has 0 saturated heterocycles. The molecule has 0 aliphatic carbocycles. The minimum Gasteiger partial charge on any atom is -0.344 e. The summed E-state index contributed by atoms with van der Waals surface area (Å²) in [5.41, 5.74) is 1.51. The zero-order valence-electron chi connectivity index (χ0n) is 28.3. The van der Waals surface area contributed by atoms with Crippen LogP contribution >= 0.6 is 0 Å². The van der Waals surface area contributed by atoms with E-state index in [4.69, 9.17) is 0 Å². The number of alkyl halides is 6. The van der Waals surface area contributed by atoms with Crippen LogP contribution in [0.5, 0.6) is 0 Å². The molecule has 0 unspecified atom stereocenters. The summed E-state index contributed by atoms with van der Waals surface area (Å²) in [7, 11) is 0. The van der Waals surface area contributed by atoms with Gasteiger partial charge in [0, 0.05) is 34.3 Å². The third kappa shape index (κ3) is 8.75. The molecular weight excluding hydrogens is 598 g/mol. The third-order valence-corrected chi connectivity index (χ3v) is 8.89. The van der Waals surface area contributed by atoms with Gasteiger partial charge in [0.05, 0.1) is 17.7 Å². The van der Waals surface area contributed by atoms with Crippen LogP contribution in [-0.4, -0.2) is 13.1 Å². The molecule has 1 aliphatic heterocycles. The van der Waals surface area contributed by atoms with E-state index in [1.165, 1.54) is 12.1 Å². The number of anilines is 1. The van der Waals surface area contributed by atoms with Gasteiger partial charge in [-0.1, -0.05) is 86.3 Å². The molecule has 2 aromatic rings. The van der Waals surface area contributed by atoms with Crippen molar-refractivity contribution in [2.45, 2.75) is 91.4 Å². The molecule has 0 atom stereocenters. The second-order valence-corrected chi connectivity index (χ2v) is 14.1. The first-order valence-corrected chi connectivity index (χ1v) is 16.0. The highest BCUT2D eigenvalue weighted by Gasteiger charge is 2.42. The van der Waals surface area contributed by atoms with E-state index in [0.717, 1.165) is 48.6 Å². The highest BCUT2D eigenvalue weighted by molar-refractivity contribution is 5.71. The fourth-order valence-electron chi connectivity index (χ4n) is 5.77. The van der Waals surface area contributed by atoms with Crippen LogP contribution in [0, 0.1) is 11.8 Å². The van der Waals surface area contributed by atoms with E-state index >= 15 is 0 Å². The largest absolute Gasteiger partial charge is 0.416 e. The zero-order chi connectivity index (χ0) is 34.7. The van der Waals surface area contributed by atoms with Gasteiger partial charge in [-0.25, -0.2) is 0 Å². The van der Waals surface area contributed by atoms with Crippen molar-refractivity contribution < 1.29 is 31.7 Å². The average molecular weight is 648 g/mol. The Bertz CT molecular complexity index is 1470. The van der Waals surface area contributed by atoms with Gasteiger partial charge in [-0.2, -0.15) is 26.3 Å². The zero-order valence-corrected chi connectivity index (χ0v) is 28.3. The van der Waals surface area contributed by atoms with Crippen LogP contribution in [0.15, 0.2) is 84.6 Å². The molecule has 46 heavy (non-hydrogen) atoms. The fraction of sp³-hybridized carbons (Fsp3) is 0.474. The summed E-state index contributed by atoms with van der Waals surface area (Å²) in [4.78, 5) is 2.11. The molecule has 0 amide bonds. The topological polar surface area (TPSA) is 19.9 Å². The lowest BCUT2D eigenvalue weighted by Gasteiger charge is -2.28. The third-order valence-electron chi connectivity index (χ3n) is 8.89. The van der Waals surface area contributed by atoms with Gasteiger partial charge in [0.1, 0.15) is 5.69 Å². The second-order valence-electron chi connectivity index (χ2n) is 14.1. The summed E-state index contributed by atoms with van der Waals surface area (Å²) in [6, 6.07) is 7.89. The van der Waals surface area contributed by atoms with Crippen LogP contribution in [0.2, 0.25) is 0 Å². The van der Waals surface area contributed by atoms with E-state index in [9.17, 15) is 26.3 Å². The Morgan fingerprint density at radius 1 is 0.848 bits per heavy atom. The lowest BCUT2D eigenvalue weighted by Crippen LogP contribution is -2.78. The maximum absolute atomic E-state index is 13.7. The molecule has 252 valence electrons. The van der Waals surface area contributed by atoms with Crippen molar-refractivity contribution >= 4 is 11.4 Å². The first-order chi connectivity index (χ1) is 21.2. The number of quaternary nitrogens is 1. The van der Waals surface area contributed by atoms with Crippen molar-refractivity contribution in [1.82, 2.24) is 0 Å². The summed E-state index contributed by atoms with van der Waals surface area (Å²) in [6.07, 6.45) is 2.11. The van der Waals surface area contributed by atoms with E-state index in [2.05, 4.69) is 39.2 Å². The van der Waals surface area contributed by atoms with Crippen LogP contribution < -0.4 is 10.2 Å². The van der Waals surface area contributed by atoms with Crippen molar-refractivity contribution in [3.63, 3.8) is 0 Å². The number of hydrogen-bond donors (Lipinski definition) is 1. The highest BCUT2D eigenvalue weighted by atomic mass is 19.4. The van der Waals surface area contributed by atoms with E-state index in [-0.39, 0.29) is 0 Å². The summed E-state index contributed by atoms with van der Waals surface area (Å²) >= 11 is 0. The van der Waals surface area contributed by atoms with Gasteiger partial charge >= 0.3 is 12.4 Å². The second kappa shape index (κ2) is 14.2. The number of halogens is 6. The van der Waals surface area contributed by atoms with Crippen LogP contribution in [-0.2, 0) is 23.2 Å². The minimum absolute atomic E-state index is 0.417. The number of nitrogens with two attached hydrogens (primary N) is 1. The quantitative estimate of drug-likeness (QED) is 0.138. The number of hydrogen-bond acceptors (Lipinski definition) is 1. The van der Waals surface area contributed by atoms with Crippen LogP contribution in [0.25, 0.3) is 0 Å². The Hall–Kier alpha value is -3.26. The summed E-state index contributed by atoms with van der Waals surface area (Å²) < 4.78 is 81.7. The first-order valence-electron chi connectivity index (χ1n) is 16.0. The van der Waals surface area contributed by atoms with E-state index in [1.54, 1.807) is 24.3 Å². The number of rotatable bonds is 12. The highest BCUT2D eigenvalue weighted by Crippen LogP contribution is 2.49. The number of nitrogens with zero attached hydrogens (tertiary/aromatic N) is 1. The molecule has 2 aromatic carbocycles. The van der Waals surface area contributed by atoms with Gasteiger partial charge < -0.3 is 10.2 Å². The predicted molar refractivity (Wildman–Crippen MR) is 177 cm³/mol. The Balaban J connectivity index is 1.90. The monoisotopic (exact) mass is 647 g/mol. The fourth-order valence-corrected chi connectivity index (χ4v) is 5.77. The van der Waals surface area contributed by atoms with Gasteiger partial charge in [-0.05, 0) is 78.3 Å². The lowest BCUT2D eigenvalue weighted by molar-refractivity contribution is -0.573. The molecule has 1 aliphatic rings. The molecule has 2 N–H and O–H groups in total. The Morgan fingerprint density at radius 3 is 2.02 bits per heavy atom. The summed E-state index contributed by atoms with van der Waals surface area (Å²) in [6.45, 7) is 21.7. The maximum Gasteiger partial charge on any atom is 0.416 e. The van der Waals surface area contributed by atoms with Crippen molar-refractivity contribution in [3.05, 3.63) is 107 Å². The molecule has 0 saturated carbocycles. The molecule has 2 nitrogen and oxygen atoms in total. The predicted octanol–water partition coefficient (Wildman–Crippen LogP) is 10.6. The summed E-state index contributed by atoms with van der Waals surface area (Å²) in [5, 5.41) is 2.00. The summed E-state index contributed by atoms with van der Waals surface area (Å²) in [5.74, 6) is 0.895. The molecule has 0 fully saturated rings. The Labute approximate surface area is 271 Å². The van der Waals surface area contributed by atoms with E-state index in [0.29, 0.717) is 35.1 Å². The van der Waals surface area contributed by atoms with Gasteiger partial charge in [0.25, 0.3) is 0 Å². The number of fused-ring (bicyclic) bond motifs is 1. The van der Waals surface area contributed by atoms with Crippen molar-refractivity contribution in [2.75, 3.05) is 18.0 Å². The first kappa shape index (κ1) is 37.2. The van der Waals surface area contributed by atoms with Gasteiger partial charge in [0.15, 0.2) is 0 Å². The van der Waals surface area contributed by atoms with Crippen molar-refractivity contribution in [2.24, 2.45) is 11.8 Å². The van der Waals surface area contributed by atoms with Crippen LogP contribution in [0.3, 0.4) is 0 Å². The molecular formula is C38H49F6N2+. The van der Waals surface area contributed by atoms with Gasteiger partial charge in [0.2, 0.25) is 0 Å². The SMILES string of the molecule is C=C(C=CC=CC=C1N(CCC(C)C)c2ccc(C(F)(F)F)cc2C1(C)C)C(C)(C)c1cc(C(F)(F)F)ccc1[NH2+]CCC(C)C. The van der Waals surface area contributed by atoms with E-state index < -0.39 is 34.3 Å². The standard InChI is InChI=1S/C38H48F6N2/c1-25(2)19-21-45-32-17-15-28(37(39,40)41)23-30(32)35(6,7)27(5)13-11-10-12-14-34-36(8,9)31-24-29(38(42,43)44)16-18-33(31)46(34)22-20-26(3)4/h10-18,23-26,45H,5,19-22H2,1-4,6-9H3/p+1.